The van der Waals surface area contributed by atoms with E-state index in [1.165, 1.54) is 51.5 Å². The van der Waals surface area contributed by atoms with Crippen LogP contribution in [-0.4, -0.2) is 18.6 Å². The average Bonchev–Trinajstić information content (AvgIpc) is 3.12. The molecule has 3 N–H and O–H groups in total. The van der Waals surface area contributed by atoms with Gasteiger partial charge < -0.3 is 11.1 Å². The Balaban J connectivity index is 1.91. The second-order valence-corrected chi connectivity index (χ2v) is 7.80. The molecule has 0 aromatic heterocycles. The number of rotatable bonds is 4. The second-order valence-electron chi connectivity index (χ2n) is 7.80. The van der Waals surface area contributed by atoms with Crippen LogP contribution in [0.1, 0.15) is 65.7 Å². The molecule has 0 radical (unpaired) electrons. The fraction of sp³-hybridized carbons (Fsp3) is 1.00. The van der Waals surface area contributed by atoms with Crippen molar-refractivity contribution < 1.29 is 0 Å². The van der Waals surface area contributed by atoms with Crippen molar-refractivity contribution in [1.82, 2.24) is 5.32 Å². The van der Waals surface area contributed by atoms with E-state index in [1.54, 1.807) is 0 Å². The predicted octanol–water partition coefficient (Wildman–Crippen LogP) is 3.31. The summed E-state index contributed by atoms with van der Waals surface area (Å²) in [6.07, 6.45) is 9.49. The molecule has 0 aromatic carbocycles. The van der Waals surface area contributed by atoms with Gasteiger partial charge in [0.25, 0.3) is 0 Å². The highest BCUT2D eigenvalue weighted by Crippen LogP contribution is 2.40. The molecule has 2 aliphatic carbocycles. The third-order valence-electron chi connectivity index (χ3n) is 5.26. The van der Waals surface area contributed by atoms with Gasteiger partial charge >= 0.3 is 0 Å². The molecular formula is C16H32N2. The molecular weight excluding hydrogens is 220 g/mol. The maximum atomic E-state index is 6.11. The van der Waals surface area contributed by atoms with Crippen LogP contribution in [0.3, 0.4) is 0 Å². The van der Waals surface area contributed by atoms with Gasteiger partial charge in [-0.25, -0.2) is 0 Å². The van der Waals surface area contributed by atoms with Gasteiger partial charge in [0.2, 0.25) is 0 Å². The molecule has 2 nitrogen and oxygen atoms in total. The summed E-state index contributed by atoms with van der Waals surface area (Å²) in [6.45, 7) is 9.20. The van der Waals surface area contributed by atoms with Gasteiger partial charge in [0.1, 0.15) is 0 Å². The van der Waals surface area contributed by atoms with Gasteiger partial charge in [-0.1, -0.05) is 27.2 Å². The van der Waals surface area contributed by atoms with E-state index in [4.69, 9.17) is 5.73 Å². The summed E-state index contributed by atoms with van der Waals surface area (Å²) >= 11 is 0. The van der Waals surface area contributed by atoms with Crippen LogP contribution in [0, 0.1) is 17.3 Å². The zero-order chi connectivity index (χ0) is 13.2. The molecule has 0 amide bonds. The standard InChI is InChI=1S/C16H32N2/c1-15(2,3)14-5-4-9-16(12-17,10-8-14)18-11-13-6-7-13/h13-14,18H,4-12,17H2,1-3H3. The topological polar surface area (TPSA) is 38.0 Å². The van der Waals surface area contributed by atoms with Crippen LogP contribution >= 0.6 is 0 Å². The third kappa shape index (κ3) is 3.71. The van der Waals surface area contributed by atoms with Crippen molar-refractivity contribution in [2.24, 2.45) is 23.0 Å². The summed E-state index contributed by atoms with van der Waals surface area (Å²) in [5, 5.41) is 3.83. The Morgan fingerprint density at radius 1 is 1.11 bits per heavy atom. The van der Waals surface area contributed by atoms with E-state index >= 15 is 0 Å². The Kier molecular flexibility index (Phi) is 4.38. The molecule has 2 rings (SSSR count). The van der Waals surface area contributed by atoms with E-state index in [0.717, 1.165) is 18.4 Å². The van der Waals surface area contributed by atoms with Crippen molar-refractivity contribution in [2.75, 3.05) is 13.1 Å². The number of nitrogens with two attached hydrogens (primary N) is 1. The lowest BCUT2D eigenvalue weighted by atomic mass is 9.76. The molecule has 2 saturated carbocycles. The predicted molar refractivity (Wildman–Crippen MR) is 78.5 cm³/mol. The molecule has 0 saturated heterocycles. The first-order chi connectivity index (χ1) is 8.45. The number of nitrogens with one attached hydrogen (secondary N) is 1. The minimum Gasteiger partial charge on any atom is -0.329 e. The van der Waals surface area contributed by atoms with Crippen molar-refractivity contribution in [1.29, 1.82) is 0 Å². The summed E-state index contributed by atoms with van der Waals surface area (Å²) in [5.74, 6) is 1.82. The van der Waals surface area contributed by atoms with Gasteiger partial charge in [-0.2, -0.15) is 0 Å². The van der Waals surface area contributed by atoms with Crippen molar-refractivity contribution >= 4 is 0 Å². The molecule has 0 aliphatic heterocycles. The number of hydrogen-bond donors (Lipinski definition) is 2. The first kappa shape index (κ1) is 14.3. The van der Waals surface area contributed by atoms with Gasteiger partial charge in [-0.15, -0.1) is 0 Å². The van der Waals surface area contributed by atoms with Gasteiger partial charge in [-0.05, 0) is 62.3 Å². The second kappa shape index (κ2) is 5.50. The van der Waals surface area contributed by atoms with Gasteiger partial charge in [0.15, 0.2) is 0 Å². The lowest BCUT2D eigenvalue weighted by Crippen LogP contribution is -2.51. The van der Waals surface area contributed by atoms with E-state index < -0.39 is 0 Å². The van der Waals surface area contributed by atoms with Crippen molar-refractivity contribution in [2.45, 2.75) is 71.3 Å². The van der Waals surface area contributed by atoms with E-state index in [9.17, 15) is 0 Å². The van der Waals surface area contributed by atoms with E-state index in [1.807, 2.05) is 0 Å². The Morgan fingerprint density at radius 2 is 1.83 bits per heavy atom. The highest BCUT2D eigenvalue weighted by atomic mass is 15.0. The maximum absolute atomic E-state index is 6.11. The fourth-order valence-corrected chi connectivity index (χ4v) is 3.41. The van der Waals surface area contributed by atoms with Crippen LogP contribution < -0.4 is 11.1 Å². The molecule has 2 aliphatic rings. The minimum atomic E-state index is 0.253. The summed E-state index contributed by atoms with van der Waals surface area (Å²) < 4.78 is 0. The highest BCUT2D eigenvalue weighted by molar-refractivity contribution is 4.95. The van der Waals surface area contributed by atoms with Crippen molar-refractivity contribution in [3.05, 3.63) is 0 Å². The molecule has 0 heterocycles. The average molecular weight is 252 g/mol. The molecule has 18 heavy (non-hydrogen) atoms. The summed E-state index contributed by atoms with van der Waals surface area (Å²) in [4.78, 5) is 0. The lowest BCUT2D eigenvalue weighted by Gasteiger charge is -2.34. The van der Waals surface area contributed by atoms with Crippen molar-refractivity contribution in [3.63, 3.8) is 0 Å². The largest absolute Gasteiger partial charge is 0.329 e. The molecule has 2 heteroatoms. The lowest BCUT2D eigenvalue weighted by molar-refractivity contribution is 0.206. The van der Waals surface area contributed by atoms with Crippen molar-refractivity contribution in [3.8, 4) is 0 Å². The quantitative estimate of drug-likeness (QED) is 0.753. The van der Waals surface area contributed by atoms with Crippen LogP contribution in [0.4, 0.5) is 0 Å². The summed E-state index contributed by atoms with van der Waals surface area (Å²) in [6, 6.07) is 0. The van der Waals surface area contributed by atoms with Gasteiger partial charge in [-0.3, -0.25) is 0 Å². The van der Waals surface area contributed by atoms with Crippen LogP contribution in [0.2, 0.25) is 0 Å². The summed E-state index contributed by atoms with van der Waals surface area (Å²) in [7, 11) is 0. The molecule has 2 atom stereocenters. The maximum Gasteiger partial charge on any atom is 0.0304 e. The molecule has 2 unspecified atom stereocenters. The summed E-state index contributed by atoms with van der Waals surface area (Å²) in [5.41, 5.74) is 6.82. The third-order valence-corrected chi connectivity index (χ3v) is 5.26. The Bertz CT molecular complexity index is 265. The number of hydrogen-bond acceptors (Lipinski definition) is 2. The fourth-order valence-electron chi connectivity index (χ4n) is 3.41. The van der Waals surface area contributed by atoms with Crippen LogP contribution in [-0.2, 0) is 0 Å². The van der Waals surface area contributed by atoms with E-state index in [2.05, 4.69) is 26.1 Å². The van der Waals surface area contributed by atoms with Crippen LogP contribution in [0.15, 0.2) is 0 Å². The van der Waals surface area contributed by atoms with E-state index in [-0.39, 0.29) is 5.54 Å². The Labute approximate surface area is 113 Å². The first-order valence-corrected chi connectivity index (χ1v) is 7.90. The Hall–Kier alpha value is -0.0800. The molecule has 0 bridgehead atoms. The molecule has 0 aromatic rings. The smallest absolute Gasteiger partial charge is 0.0304 e. The molecule has 106 valence electrons. The van der Waals surface area contributed by atoms with Gasteiger partial charge in [0, 0.05) is 12.1 Å². The van der Waals surface area contributed by atoms with E-state index in [0.29, 0.717) is 5.41 Å². The Morgan fingerprint density at radius 3 is 2.39 bits per heavy atom. The zero-order valence-corrected chi connectivity index (χ0v) is 12.6. The van der Waals surface area contributed by atoms with Crippen LogP contribution in [0.5, 0.6) is 0 Å². The SMILES string of the molecule is CC(C)(C)C1CCCC(CN)(NCC2CC2)CC1. The van der Waals surface area contributed by atoms with Gasteiger partial charge in [0.05, 0.1) is 0 Å². The monoisotopic (exact) mass is 252 g/mol. The minimum absolute atomic E-state index is 0.253. The first-order valence-electron chi connectivity index (χ1n) is 7.90. The van der Waals surface area contributed by atoms with Crippen LogP contribution in [0.25, 0.3) is 0 Å². The molecule has 2 fully saturated rings. The zero-order valence-electron chi connectivity index (χ0n) is 12.6. The molecule has 0 spiro atoms. The highest BCUT2D eigenvalue weighted by Gasteiger charge is 2.36. The normalized spacial score (nSPS) is 34.3.